The Labute approximate surface area is 212 Å². The first-order chi connectivity index (χ1) is 17.8. The van der Waals surface area contributed by atoms with Crippen LogP contribution in [0.4, 0.5) is 11.4 Å². The Morgan fingerprint density at radius 2 is 1.86 bits per heavy atom. The van der Waals surface area contributed by atoms with Crippen molar-refractivity contribution in [3.63, 3.8) is 0 Å². The van der Waals surface area contributed by atoms with E-state index in [0.717, 1.165) is 59.3 Å². The fraction of sp³-hybridized carbons (Fsp3) is 0.310. The maximum absolute atomic E-state index is 6.39. The summed E-state index contributed by atoms with van der Waals surface area (Å²) in [6, 6.07) is 18.4. The minimum absolute atomic E-state index is 0.242. The molecule has 186 valence electrons. The number of H-pyrrole nitrogens is 1. The van der Waals surface area contributed by atoms with Crippen molar-refractivity contribution in [3.8, 4) is 17.2 Å². The highest BCUT2D eigenvalue weighted by atomic mass is 16.5. The largest absolute Gasteiger partial charge is 0.493 e. The second-order valence-corrected chi connectivity index (χ2v) is 8.94. The van der Waals surface area contributed by atoms with E-state index in [1.54, 1.807) is 19.5 Å². The Hall–Kier alpha value is -4.00. The van der Waals surface area contributed by atoms with Gasteiger partial charge in [0.2, 0.25) is 0 Å². The summed E-state index contributed by atoms with van der Waals surface area (Å²) in [5.74, 6) is 3.26. The van der Waals surface area contributed by atoms with E-state index in [9.17, 15) is 0 Å². The van der Waals surface area contributed by atoms with E-state index >= 15 is 0 Å². The van der Waals surface area contributed by atoms with E-state index in [4.69, 9.17) is 14.2 Å². The molecule has 0 atom stereocenters. The van der Waals surface area contributed by atoms with Crippen molar-refractivity contribution < 1.29 is 14.2 Å². The molecule has 0 aliphatic heterocycles. The van der Waals surface area contributed by atoms with Gasteiger partial charge >= 0.3 is 0 Å². The lowest BCUT2D eigenvalue weighted by Crippen LogP contribution is -2.18. The first-order valence-electron chi connectivity index (χ1n) is 12.5. The number of nitrogens with one attached hydrogen (secondary N) is 1. The number of nitrogens with zero attached hydrogens (tertiary/aromatic N) is 3. The zero-order valence-electron chi connectivity index (χ0n) is 20.6. The molecule has 1 fully saturated rings. The lowest BCUT2D eigenvalue weighted by molar-refractivity contribution is 0.201. The van der Waals surface area contributed by atoms with Crippen molar-refractivity contribution in [2.24, 2.45) is 0 Å². The standard InChI is InChI=1S/C29H32N4O3/c1-34-27-12-11-24(19-28(27)36-25-8-2-3-9-25)33(21-22-6-5-14-30-20-22)23-7-4-10-26(18-23)35-17-13-29-31-15-16-32-29/h4-7,10-12,14-16,18-20,25H,2-3,8-9,13,17,21H2,1H3,(H,31,32). The molecule has 5 rings (SSSR count). The molecule has 1 aliphatic rings. The zero-order chi connectivity index (χ0) is 24.6. The number of aromatic amines is 1. The predicted octanol–water partition coefficient (Wildman–Crippen LogP) is 6.09. The Bertz CT molecular complexity index is 1220. The molecule has 7 nitrogen and oxygen atoms in total. The van der Waals surface area contributed by atoms with E-state index in [2.05, 4.69) is 50.2 Å². The fourth-order valence-electron chi connectivity index (χ4n) is 4.56. The molecule has 2 heterocycles. The van der Waals surface area contributed by atoms with Gasteiger partial charge in [-0.05, 0) is 61.6 Å². The quantitative estimate of drug-likeness (QED) is 0.278. The maximum Gasteiger partial charge on any atom is 0.163 e. The summed E-state index contributed by atoms with van der Waals surface area (Å²) in [6.07, 6.45) is 12.8. The van der Waals surface area contributed by atoms with Gasteiger partial charge in [0.05, 0.1) is 19.8 Å². The van der Waals surface area contributed by atoms with E-state index in [1.165, 1.54) is 12.8 Å². The number of benzene rings is 2. The van der Waals surface area contributed by atoms with Gasteiger partial charge in [0.15, 0.2) is 11.5 Å². The average molecular weight is 485 g/mol. The third kappa shape index (κ3) is 5.97. The summed E-state index contributed by atoms with van der Waals surface area (Å²) in [5.41, 5.74) is 3.14. The number of pyridine rings is 1. The number of aromatic nitrogens is 3. The predicted molar refractivity (Wildman–Crippen MR) is 140 cm³/mol. The van der Waals surface area contributed by atoms with E-state index < -0.39 is 0 Å². The fourth-order valence-corrected chi connectivity index (χ4v) is 4.56. The third-order valence-corrected chi connectivity index (χ3v) is 6.41. The van der Waals surface area contributed by atoms with E-state index in [-0.39, 0.29) is 6.10 Å². The van der Waals surface area contributed by atoms with Gasteiger partial charge in [-0.1, -0.05) is 12.1 Å². The molecule has 0 spiro atoms. The van der Waals surface area contributed by atoms with Gasteiger partial charge in [-0.25, -0.2) is 4.98 Å². The van der Waals surface area contributed by atoms with Crippen LogP contribution in [0, 0.1) is 0 Å². The Kier molecular flexibility index (Phi) is 7.66. The molecule has 36 heavy (non-hydrogen) atoms. The van der Waals surface area contributed by atoms with Gasteiger partial charge in [-0.2, -0.15) is 0 Å². The van der Waals surface area contributed by atoms with Crippen LogP contribution < -0.4 is 19.1 Å². The van der Waals surface area contributed by atoms with Crippen molar-refractivity contribution in [1.82, 2.24) is 15.0 Å². The van der Waals surface area contributed by atoms with Gasteiger partial charge in [0.25, 0.3) is 0 Å². The Morgan fingerprint density at radius 3 is 2.64 bits per heavy atom. The van der Waals surface area contributed by atoms with Crippen LogP contribution in [-0.2, 0) is 13.0 Å². The van der Waals surface area contributed by atoms with Gasteiger partial charge in [-0.3, -0.25) is 4.98 Å². The van der Waals surface area contributed by atoms with Crippen molar-refractivity contribution >= 4 is 11.4 Å². The lowest BCUT2D eigenvalue weighted by Gasteiger charge is -2.27. The Morgan fingerprint density at radius 1 is 0.972 bits per heavy atom. The molecule has 7 heteroatoms. The van der Waals surface area contributed by atoms with Crippen molar-refractivity contribution in [1.29, 1.82) is 0 Å². The van der Waals surface area contributed by atoms with Crippen molar-refractivity contribution in [3.05, 3.63) is 90.8 Å². The molecule has 1 N–H and O–H groups in total. The summed E-state index contributed by atoms with van der Waals surface area (Å²) in [6.45, 7) is 1.19. The van der Waals surface area contributed by atoms with Gasteiger partial charge in [0.1, 0.15) is 11.6 Å². The van der Waals surface area contributed by atoms with E-state index in [1.807, 2.05) is 36.7 Å². The third-order valence-electron chi connectivity index (χ3n) is 6.41. The molecule has 0 radical (unpaired) electrons. The smallest absolute Gasteiger partial charge is 0.163 e. The summed E-state index contributed by atoms with van der Waals surface area (Å²) in [4.78, 5) is 13.9. The van der Waals surface area contributed by atoms with Gasteiger partial charge < -0.3 is 24.1 Å². The number of rotatable bonds is 11. The number of methoxy groups -OCH3 is 1. The molecule has 1 aliphatic carbocycles. The summed E-state index contributed by atoms with van der Waals surface area (Å²) in [7, 11) is 1.69. The van der Waals surface area contributed by atoms with Crippen LogP contribution in [0.25, 0.3) is 0 Å². The van der Waals surface area contributed by atoms with Gasteiger partial charge in [-0.15, -0.1) is 0 Å². The van der Waals surface area contributed by atoms with Crippen LogP contribution in [0.1, 0.15) is 37.1 Å². The highest BCUT2D eigenvalue weighted by molar-refractivity contribution is 5.67. The average Bonchev–Trinajstić information content (AvgIpc) is 3.63. The molecule has 0 saturated heterocycles. The summed E-state index contributed by atoms with van der Waals surface area (Å²) in [5, 5.41) is 0. The number of imidazole rings is 1. The molecule has 0 bridgehead atoms. The molecule has 0 unspecified atom stereocenters. The molecule has 2 aromatic carbocycles. The first-order valence-corrected chi connectivity index (χ1v) is 12.5. The summed E-state index contributed by atoms with van der Waals surface area (Å²) >= 11 is 0. The second-order valence-electron chi connectivity index (χ2n) is 8.94. The zero-order valence-corrected chi connectivity index (χ0v) is 20.6. The monoisotopic (exact) mass is 484 g/mol. The summed E-state index contributed by atoms with van der Waals surface area (Å²) < 4.78 is 18.1. The highest BCUT2D eigenvalue weighted by Gasteiger charge is 2.20. The topological polar surface area (TPSA) is 72.5 Å². The van der Waals surface area contributed by atoms with Crippen LogP contribution >= 0.6 is 0 Å². The van der Waals surface area contributed by atoms with Crippen LogP contribution in [0.15, 0.2) is 79.4 Å². The lowest BCUT2D eigenvalue weighted by atomic mass is 10.1. The Balaban J connectivity index is 1.42. The second kappa shape index (κ2) is 11.6. The molecule has 4 aromatic rings. The van der Waals surface area contributed by atoms with Crippen molar-refractivity contribution in [2.75, 3.05) is 18.6 Å². The van der Waals surface area contributed by atoms with E-state index in [0.29, 0.717) is 13.2 Å². The van der Waals surface area contributed by atoms with Crippen LogP contribution in [0.5, 0.6) is 17.2 Å². The van der Waals surface area contributed by atoms with Crippen LogP contribution in [0.2, 0.25) is 0 Å². The normalized spacial score (nSPS) is 13.5. The van der Waals surface area contributed by atoms with Crippen molar-refractivity contribution in [2.45, 2.75) is 44.8 Å². The minimum atomic E-state index is 0.242. The maximum atomic E-state index is 6.39. The molecular formula is C29H32N4O3. The number of hydrogen-bond donors (Lipinski definition) is 1. The number of anilines is 2. The SMILES string of the molecule is COc1ccc(N(Cc2cccnc2)c2cccc(OCCc3ncc[nH]3)c2)cc1OC1CCCC1. The molecule has 0 amide bonds. The molecule has 1 saturated carbocycles. The number of ether oxygens (including phenoxy) is 3. The van der Waals surface area contributed by atoms with Crippen LogP contribution in [-0.4, -0.2) is 34.8 Å². The van der Waals surface area contributed by atoms with Crippen LogP contribution in [0.3, 0.4) is 0 Å². The molecular weight excluding hydrogens is 452 g/mol. The first kappa shape index (κ1) is 23.7. The highest BCUT2D eigenvalue weighted by Crippen LogP contribution is 2.38. The number of hydrogen-bond acceptors (Lipinski definition) is 6. The molecule has 2 aromatic heterocycles. The minimum Gasteiger partial charge on any atom is -0.493 e. The van der Waals surface area contributed by atoms with Gasteiger partial charge in [0, 0.05) is 61.3 Å².